The lowest BCUT2D eigenvalue weighted by molar-refractivity contribution is 0.0270. The molecule has 0 unspecified atom stereocenters. The fraction of sp³-hybridized carbons (Fsp3) is 0.267. The topological polar surface area (TPSA) is 60.9 Å². The van der Waals surface area contributed by atoms with E-state index in [1.54, 1.807) is 17.4 Å². The largest absolute Gasteiger partial charge is 0.477 e. The fourth-order valence-electron chi connectivity index (χ4n) is 4.58. The molecule has 0 saturated carbocycles. The Hall–Kier alpha value is -3.09. The fourth-order valence-corrected chi connectivity index (χ4v) is 6.83. The Labute approximate surface area is 235 Å². The van der Waals surface area contributed by atoms with Crippen LogP contribution < -0.4 is 0 Å². The Kier molecular flexibility index (Phi) is 8.82. The molecule has 0 aliphatic carbocycles. The highest BCUT2D eigenvalue weighted by Gasteiger charge is 2.26. The zero-order valence-electron chi connectivity index (χ0n) is 20.9. The molecule has 1 aliphatic rings. The van der Waals surface area contributed by atoms with Gasteiger partial charge in [-0.1, -0.05) is 53.9 Å². The van der Waals surface area contributed by atoms with Crippen LogP contribution in [0.1, 0.15) is 44.1 Å². The Balaban J connectivity index is 1.19. The third kappa shape index (κ3) is 6.66. The van der Waals surface area contributed by atoms with Crippen LogP contribution in [0.5, 0.6) is 0 Å². The summed E-state index contributed by atoms with van der Waals surface area (Å²) >= 11 is 4.30. The summed E-state index contributed by atoms with van der Waals surface area (Å²) in [6, 6.07) is 18.4. The minimum atomic E-state index is -0.902. The molecule has 1 saturated heterocycles. The SMILES string of the molecule is O=C(O)c1ccc(CCN2C(=O)SCCN2CCCCc2cc(C#Cc3ccsc3)c3ccccc3c2)s1. The predicted octanol–water partition coefficient (Wildman–Crippen LogP) is 7.01. The van der Waals surface area contributed by atoms with Crippen molar-refractivity contribution < 1.29 is 14.7 Å². The number of thioether (sulfide) groups is 1. The number of rotatable bonds is 9. The first-order valence-electron chi connectivity index (χ1n) is 12.6. The van der Waals surface area contributed by atoms with E-state index in [9.17, 15) is 9.59 Å². The molecule has 2 aromatic heterocycles. The number of hydrogen-bond acceptors (Lipinski definition) is 6. The number of unbranched alkanes of at least 4 members (excludes halogenated alkanes) is 1. The number of hydrogen-bond donors (Lipinski definition) is 1. The van der Waals surface area contributed by atoms with Gasteiger partial charge in [0.05, 0.1) is 0 Å². The van der Waals surface area contributed by atoms with Gasteiger partial charge in [0.15, 0.2) is 0 Å². The van der Waals surface area contributed by atoms with Crippen LogP contribution in [0.2, 0.25) is 0 Å². The molecule has 4 aromatic rings. The highest BCUT2D eigenvalue weighted by molar-refractivity contribution is 8.13. The van der Waals surface area contributed by atoms with Crippen molar-refractivity contribution in [3.63, 3.8) is 0 Å². The number of aryl methyl sites for hydroxylation is 1. The third-order valence-corrected chi connectivity index (χ3v) is 9.15. The summed E-state index contributed by atoms with van der Waals surface area (Å²) in [4.78, 5) is 25.1. The number of carboxylic acids is 1. The van der Waals surface area contributed by atoms with Gasteiger partial charge in [-0.3, -0.25) is 9.80 Å². The van der Waals surface area contributed by atoms with Gasteiger partial charge in [-0.25, -0.2) is 9.80 Å². The van der Waals surface area contributed by atoms with Gasteiger partial charge in [0.25, 0.3) is 5.24 Å². The first-order chi connectivity index (χ1) is 18.6. The van der Waals surface area contributed by atoms with Gasteiger partial charge in [0, 0.05) is 53.2 Å². The van der Waals surface area contributed by atoms with Crippen LogP contribution in [-0.2, 0) is 12.8 Å². The van der Waals surface area contributed by atoms with E-state index in [2.05, 4.69) is 58.6 Å². The first-order valence-corrected chi connectivity index (χ1v) is 15.4. The highest BCUT2D eigenvalue weighted by Crippen LogP contribution is 2.24. The van der Waals surface area contributed by atoms with Crippen LogP contribution in [-0.4, -0.2) is 51.7 Å². The molecule has 1 aliphatic heterocycles. The van der Waals surface area contributed by atoms with Gasteiger partial charge >= 0.3 is 5.97 Å². The summed E-state index contributed by atoms with van der Waals surface area (Å²) in [7, 11) is 0. The average molecular weight is 561 g/mol. The highest BCUT2D eigenvalue weighted by atomic mass is 32.2. The maximum absolute atomic E-state index is 12.6. The smallest absolute Gasteiger partial charge is 0.345 e. The lowest BCUT2D eigenvalue weighted by Gasteiger charge is -2.38. The second-order valence-corrected chi connectivity index (χ2v) is 12.1. The van der Waals surface area contributed by atoms with Crippen LogP contribution in [0, 0.1) is 11.8 Å². The number of nitrogens with zero attached hydrogens (tertiary/aromatic N) is 2. The average Bonchev–Trinajstić information content (AvgIpc) is 3.62. The van der Waals surface area contributed by atoms with Crippen molar-refractivity contribution in [1.29, 1.82) is 0 Å². The van der Waals surface area contributed by atoms with Gasteiger partial charge in [-0.2, -0.15) is 11.3 Å². The zero-order valence-corrected chi connectivity index (χ0v) is 23.3. The standard InChI is InChI=1S/C30H28N2O3S3/c33-29(34)28-11-10-26(38-28)12-15-32-30(35)37-18-16-31(32)14-4-3-5-23-19-24-6-1-2-7-27(24)25(20-23)9-8-22-13-17-36-21-22/h1-2,6-7,10-11,13,17,19-21H,3-5,12,14-16,18H2,(H,33,34). The normalized spacial score (nSPS) is 14.0. The van der Waals surface area contributed by atoms with E-state index in [0.717, 1.165) is 54.1 Å². The van der Waals surface area contributed by atoms with Crippen LogP contribution in [0.15, 0.2) is 65.4 Å². The third-order valence-electron chi connectivity index (χ3n) is 6.49. The summed E-state index contributed by atoms with van der Waals surface area (Å²) in [6.07, 6.45) is 3.63. The number of carboxylic acid groups (broad SMARTS) is 1. The number of aromatic carboxylic acids is 1. The molecule has 5 rings (SSSR count). The number of carbonyl (C=O) groups excluding carboxylic acids is 1. The van der Waals surface area contributed by atoms with Gasteiger partial charge < -0.3 is 5.11 Å². The number of fused-ring (bicyclic) bond motifs is 1. The van der Waals surface area contributed by atoms with Crippen molar-refractivity contribution in [3.8, 4) is 11.8 Å². The summed E-state index contributed by atoms with van der Waals surface area (Å²) in [5, 5.41) is 19.8. The van der Waals surface area contributed by atoms with E-state index in [4.69, 9.17) is 5.11 Å². The minimum Gasteiger partial charge on any atom is -0.477 e. The molecule has 1 N–H and O–H groups in total. The lowest BCUT2D eigenvalue weighted by atomic mass is 9.98. The quantitative estimate of drug-likeness (QED) is 0.176. The van der Waals surface area contributed by atoms with Gasteiger partial charge in [0.1, 0.15) is 4.88 Å². The predicted molar refractivity (Wildman–Crippen MR) is 158 cm³/mol. The summed E-state index contributed by atoms with van der Waals surface area (Å²) < 4.78 is 0. The number of thiophene rings is 2. The first kappa shape index (κ1) is 26.5. The maximum Gasteiger partial charge on any atom is 0.345 e. The second-order valence-electron chi connectivity index (χ2n) is 9.10. The molecule has 0 radical (unpaired) electrons. The molecule has 3 heterocycles. The van der Waals surface area contributed by atoms with Crippen molar-refractivity contribution in [2.45, 2.75) is 25.7 Å². The molecule has 8 heteroatoms. The van der Waals surface area contributed by atoms with Crippen LogP contribution in [0.3, 0.4) is 0 Å². The van der Waals surface area contributed by atoms with E-state index < -0.39 is 5.97 Å². The van der Waals surface area contributed by atoms with E-state index in [1.807, 2.05) is 22.5 Å². The monoisotopic (exact) mass is 560 g/mol. The maximum atomic E-state index is 12.6. The molecule has 5 nitrogen and oxygen atoms in total. The van der Waals surface area contributed by atoms with Gasteiger partial charge in [-0.15, -0.1) is 11.3 Å². The summed E-state index contributed by atoms with van der Waals surface area (Å²) in [6.45, 7) is 2.25. The molecule has 0 atom stereocenters. The summed E-state index contributed by atoms with van der Waals surface area (Å²) in [5.74, 6) is 6.58. The van der Waals surface area contributed by atoms with E-state index >= 15 is 0 Å². The number of carbonyl (C=O) groups is 2. The van der Waals surface area contributed by atoms with Gasteiger partial charge in [0.2, 0.25) is 0 Å². The van der Waals surface area contributed by atoms with E-state index in [0.29, 0.717) is 17.8 Å². The molecule has 0 bridgehead atoms. The molecule has 2 aromatic carbocycles. The number of benzene rings is 2. The summed E-state index contributed by atoms with van der Waals surface area (Å²) in [5.41, 5.74) is 3.39. The minimum absolute atomic E-state index is 0.0784. The molecular formula is C30H28N2O3S3. The number of amides is 1. The van der Waals surface area contributed by atoms with Crippen molar-refractivity contribution in [2.24, 2.45) is 0 Å². The molecule has 38 heavy (non-hydrogen) atoms. The molecule has 0 spiro atoms. The van der Waals surface area contributed by atoms with Crippen molar-refractivity contribution >= 4 is 56.4 Å². The molecule has 1 amide bonds. The van der Waals surface area contributed by atoms with Crippen molar-refractivity contribution in [2.75, 3.05) is 25.4 Å². The number of hydrazine groups is 1. The van der Waals surface area contributed by atoms with Crippen molar-refractivity contribution in [1.82, 2.24) is 10.0 Å². The van der Waals surface area contributed by atoms with E-state index in [1.165, 1.54) is 39.4 Å². The van der Waals surface area contributed by atoms with Crippen LogP contribution in [0.25, 0.3) is 10.8 Å². The Morgan fingerprint density at radius 2 is 1.89 bits per heavy atom. The lowest BCUT2D eigenvalue weighted by Crippen LogP contribution is -2.50. The van der Waals surface area contributed by atoms with E-state index in [-0.39, 0.29) is 5.24 Å². The van der Waals surface area contributed by atoms with Crippen LogP contribution in [0.4, 0.5) is 4.79 Å². The van der Waals surface area contributed by atoms with Crippen LogP contribution >= 0.6 is 34.4 Å². The van der Waals surface area contributed by atoms with Crippen molar-refractivity contribution in [3.05, 3.63) is 91.8 Å². The van der Waals surface area contributed by atoms with Gasteiger partial charge in [-0.05, 0) is 65.2 Å². The Morgan fingerprint density at radius 3 is 2.71 bits per heavy atom. The Bertz CT molecular complexity index is 1480. The second kappa shape index (κ2) is 12.6. The zero-order chi connectivity index (χ0) is 26.3. The molecule has 194 valence electrons. The molecule has 1 fully saturated rings. The Morgan fingerprint density at radius 1 is 1.00 bits per heavy atom. The molecular weight excluding hydrogens is 533 g/mol.